The molecule has 1 heterocycles. The summed E-state index contributed by atoms with van der Waals surface area (Å²) in [4.78, 5) is 36.9. The molecule has 0 aromatic rings. The zero-order valence-electron chi connectivity index (χ0n) is 19.8. The number of epoxide rings is 1. The van der Waals surface area contributed by atoms with Gasteiger partial charge in [-0.15, -0.1) is 0 Å². The van der Waals surface area contributed by atoms with Crippen molar-refractivity contribution in [1.29, 1.82) is 0 Å². The molecular weight excluding hydrogens is 427 g/mol. The summed E-state index contributed by atoms with van der Waals surface area (Å²) >= 11 is 0. The van der Waals surface area contributed by atoms with E-state index < -0.39 is 23.5 Å². The highest BCUT2D eigenvalue weighted by molar-refractivity contribution is 6.01. The minimum absolute atomic E-state index is 0.0335. The molecule has 180 valence electrons. The van der Waals surface area contributed by atoms with Gasteiger partial charge in [0.05, 0.1) is 12.0 Å². The molecule has 0 bridgehead atoms. The van der Waals surface area contributed by atoms with Crippen LogP contribution < -0.4 is 0 Å². The lowest BCUT2D eigenvalue weighted by atomic mass is 9.47. The zero-order valence-corrected chi connectivity index (χ0v) is 19.8. The first-order chi connectivity index (χ1) is 15.6. The van der Waals surface area contributed by atoms with Gasteiger partial charge in [0.25, 0.3) is 0 Å². The molecule has 33 heavy (non-hydrogen) atoms. The van der Waals surface area contributed by atoms with Crippen LogP contribution in [0.4, 0.5) is 4.39 Å². The van der Waals surface area contributed by atoms with E-state index in [-0.39, 0.29) is 53.4 Å². The average Bonchev–Trinajstić information content (AvgIpc) is 3.35. The highest BCUT2D eigenvalue weighted by atomic mass is 19.1. The summed E-state index contributed by atoms with van der Waals surface area (Å²) in [6.07, 6.45) is 6.05. The summed E-state index contributed by atoms with van der Waals surface area (Å²) in [5.41, 5.74) is -0.986. The number of alkyl halides is 1. The van der Waals surface area contributed by atoms with Gasteiger partial charge in [-0.25, -0.2) is 4.39 Å². The predicted octanol–water partition coefficient (Wildman–Crippen LogP) is 4.22. The summed E-state index contributed by atoms with van der Waals surface area (Å²) in [5, 5.41) is 0. The van der Waals surface area contributed by atoms with E-state index in [1.165, 1.54) is 12.2 Å². The van der Waals surface area contributed by atoms with Crippen LogP contribution in [0.1, 0.15) is 66.2 Å². The van der Waals surface area contributed by atoms with Gasteiger partial charge < -0.3 is 14.2 Å². The van der Waals surface area contributed by atoms with Crippen LogP contribution in [-0.4, -0.2) is 41.9 Å². The first-order valence-corrected chi connectivity index (χ1v) is 12.2. The standard InChI is InChI=1S/C26H33FO6/c1-5-6-22(29)31-14(2)32-23(30)17-8-7-16-18-12-20(27)19-11-15(28)9-10-25(19,4)26(18)21(33-26)13-24(16,17)3/h9-11,14,16-18,20-21H,5-8,12-13H2,1-4H3/t14?,16-,17+,18-,20-,21-,24-,25-,26+/m0/s1. The second kappa shape index (κ2) is 7.49. The van der Waals surface area contributed by atoms with E-state index in [0.29, 0.717) is 31.3 Å². The van der Waals surface area contributed by atoms with Crippen molar-refractivity contribution in [3.05, 3.63) is 23.8 Å². The van der Waals surface area contributed by atoms with Gasteiger partial charge in [-0.2, -0.15) is 0 Å². The van der Waals surface area contributed by atoms with Gasteiger partial charge in [0, 0.05) is 18.8 Å². The summed E-state index contributed by atoms with van der Waals surface area (Å²) < 4.78 is 32.6. The second-order valence-corrected chi connectivity index (χ2v) is 10.9. The largest absolute Gasteiger partial charge is 0.425 e. The van der Waals surface area contributed by atoms with E-state index in [0.717, 1.165) is 6.42 Å². The molecule has 1 spiro atoms. The number of rotatable bonds is 5. The van der Waals surface area contributed by atoms with Gasteiger partial charge in [0.2, 0.25) is 6.29 Å². The Labute approximate surface area is 193 Å². The van der Waals surface area contributed by atoms with Crippen molar-refractivity contribution in [1.82, 2.24) is 0 Å². The van der Waals surface area contributed by atoms with Gasteiger partial charge in [0.1, 0.15) is 11.8 Å². The van der Waals surface area contributed by atoms with E-state index in [9.17, 15) is 14.4 Å². The van der Waals surface area contributed by atoms with E-state index in [1.54, 1.807) is 6.92 Å². The molecule has 5 rings (SSSR count). The molecule has 0 aromatic heterocycles. The lowest BCUT2D eigenvalue weighted by Gasteiger charge is -2.55. The quantitative estimate of drug-likeness (QED) is 0.347. The lowest BCUT2D eigenvalue weighted by Crippen LogP contribution is -2.59. The number of halogens is 1. The molecular formula is C26H33FO6. The van der Waals surface area contributed by atoms with E-state index in [2.05, 4.69) is 6.92 Å². The Morgan fingerprint density at radius 2 is 2.00 bits per heavy atom. The third-order valence-corrected chi connectivity index (χ3v) is 9.24. The fraction of sp³-hybridized carbons (Fsp3) is 0.731. The first-order valence-electron chi connectivity index (χ1n) is 12.2. The van der Waals surface area contributed by atoms with Gasteiger partial charge in [-0.05, 0) is 74.0 Å². The van der Waals surface area contributed by atoms with Crippen molar-refractivity contribution in [3.8, 4) is 0 Å². The summed E-state index contributed by atoms with van der Waals surface area (Å²) in [6, 6.07) is 0. The minimum atomic E-state index is -1.20. The molecule has 0 N–H and O–H groups in total. The third kappa shape index (κ3) is 3.10. The Bertz CT molecular complexity index is 956. The summed E-state index contributed by atoms with van der Waals surface area (Å²) in [6.45, 7) is 7.55. The third-order valence-electron chi connectivity index (χ3n) is 9.24. The molecule has 3 saturated carbocycles. The second-order valence-electron chi connectivity index (χ2n) is 10.9. The maximum absolute atomic E-state index is 15.4. The summed E-state index contributed by atoms with van der Waals surface area (Å²) in [7, 11) is 0. The molecule has 9 atom stereocenters. The van der Waals surface area contributed by atoms with E-state index in [1.807, 2.05) is 19.9 Å². The maximum Gasteiger partial charge on any atom is 0.312 e. The monoisotopic (exact) mass is 460 g/mol. The Morgan fingerprint density at radius 1 is 1.24 bits per heavy atom. The number of ether oxygens (including phenoxy) is 3. The van der Waals surface area contributed by atoms with Crippen LogP contribution in [0, 0.1) is 28.6 Å². The molecule has 4 aliphatic carbocycles. The smallest absolute Gasteiger partial charge is 0.312 e. The fourth-order valence-corrected chi connectivity index (χ4v) is 7.74. The average molecular weight is 461 g/mol. The molecule has 1 saturated heterocycles. The normalized spacial score (nSPS) is 45.7. The molecule has 5 aliphatic rings. The number of allylic oxidation sites excluding steroid dienone is 2. The highest BCUT2D eigenvalue weighted by Crippen LogP contribution is 2.75. The predicted molar refractivity (Wildman–Crippen MR) is 116 cm³/mol. The van der Waals surface area contributed by atoms with Crippen LogP contribution in [0.15, 0.2) is 23.8 Å². The van der Waals surface area contributed by atoms with Gasteiger partial charge in [0.15, 0.2) is 5.78 Å². The van der Waals surface area contributed by atoms with Crippen LogP contribution in [0.2, 0.25) is 0 Å². The molecule has 0 aromatic carbocycles. The molecule has 0 amide bonds. The Balaban J connectivity index is 1.37. The number of hydrogen-bond donors (Lipinski definition) is 0. The van der Waals surface area contributed by atoms with Crippen molar-refractivity contribution in [2.24, 2.45) is 28.6 Å². The number of carbonyl (C=O) groups is 3. The molecule has 0 radical (unpaired) electrons. The van der Waals surface area contributed by atoms with Gasteiger partial charge >= 0.3 is 11.9 Å². The SMILES string of the molecule is CCCC(=O)OC(C)OC(=O)[C@H]1CC[C@H]2[C@@H]3C[C@H](F)C4=CC(=O)C=C[C@]4(C)[C@@]34O[C@H]4C[C@]12C. The van der Waals surface area contributed by atoms with Crippen molar-refractivity contribution < 1.29 is 33.0 Å². The number of carbonyl (C=O) groups excluding carboxylic acids is 3. The van der Waals surface area contributed by atoms with Gasteiger partial charge in [-0.3, -0.25) is 14.4 Å². The molecule has 4 fully saturated rings. The zero-order chi connectivity index (χ0) is 23.8. The Kier molecular flexibility index (Phi) is 5.16. The van der Waals surface area contributed by atoms with E-state index in [4.69, 9.17) is 14.2 Å². The van der Waals surface area contributed by atoms with E-state index >= 15 is 4.39 Å². The fourth-order valence-electron chi connectivity index (χ4n) is 7.74. The van der Waals surface area contributed by atoms with Crippen molar-refractivity contribution in [2.75, 3.05) is 0 Å². The molecule has 1 unspecified atom stereocenters. The summed E-state index contributed by atoms with van der Waals surface area (Å²) in [5.74, 6) is -1.16. The van der Waals surface area contributed by atoms with Crippen LogP contribution in [-0.2, 0) is 28.6 Å². The van der Waals surface area contributed by atoms with Gasteiger partial charge in [-0.1, -0.05) is 19.9 Å². The van der Waals surface area contributed by atoms with Crippen LogP contribution in [0.5, 0.6) is 0 Å². The van der Waals surface area contributed by atoms with Crippen LogP contribution in [0.3, 0.4) is 0 Å². The Hall–Kier alpha value is -2.02. The molecule has 1 aliphatic heterocycles. The molecule has 7 heteroatoms. The maximum atomic E-state index is 15.4. The number of esters is 2. The van der Waals surface area contributed by atoms with Crippen LogP contribution in [0.25, 0.3) is 0 Å². The minimum Gasteiger partial charge on any atom is -0.425 e. The van der Waals surface area contributed by atoms with Crippen molar-refractivity contribution in [3.63, 3.8) is 0 Å². The lowest BCUT2D eigenvalue weighted by molar-refractivity contribution is -0.190. The van der Waals surface area contributed by atoms with Crippen molar-refractivity contribution >= 4 is 17.7 Å². The Morgan fingerprint density at radius 3 is 2.73 bits per heavy atom. The highest BCUT2D eigenvalue weighted by Gasteiger charge is 2.80. The first kappa shape index (κ1) is 22.8. The number of fused-ring (bicyclic) bond motifs is 3. The van der Waals surface area contributed by atoms with Crippen molar-refractivity contribution in [2.45, 2.75) is 90.4 Å². The molecule has 6 nitrogen and oxygen atoms in total. The number of hydrogen-bond acceptors (Lipinski definition) is 6. The number of ketones is 1. The van der Waals surface area contributed by atoms with Crippen LogP contribution >= 0.6 is 0 Å². The topological polar surface area (TPSA) is 82.2 Å².